The van der Waals surface area contributed by atoms with Crippen LogP contribution in [0, 0.1) is 5.92 Å². The summed E-state index contributed by atoms with van der Waals surface area (Å²) in [5.74, 6) is 0.750. The molecule has 0 saturated heterocycles. The first-order valence-corrected chi connectivity index (χ1v) is 2.88. The Labute approximate surface area is 58.1 Å². The molecule has 0 fully saturated rings. The molecule has 8 heavy (non-hydrogen) atoms. The Morgan fingerprint density at radius 2 is 1.62 bits per heavy atom. The zero-order valence-corrected chi connectivity index (χ0v) is 6.66. The van der Waals surface area contributed by atoms with Gasteiger partial charge in [0.15, 0.2) is 0 Å². The molecular weight excluding hydrogens is 122 g/mol. The standard InChI is InChI=1S/C6H15N.ClH/c1-5(2)4-6(3)7;/h5-6H,4,7H2,1-3H3;1H. The van der Waals surface area contributed by atoms with E-state index in [0.29, 0.717) is 6.04 Å². The van der Waals surface area contributed by atoms with Crippen molar-refractivity contribution in [3.63, 3.8) is 0 Å². The van der Waals surface area contributed by atoms with Gasteiger partial charge in [0.05, 0.1) is 0 Å². The second-order valence-electron chi connectivity index (χ2n) is 2.61. The Kier molecular flexibility index (Phi) is 7.48. The molecule has 0 aliphatic carbocycles. The van der Waals surface area contributed by atoms with Crippen molar-refractivity contribution < 1.29 is 0 Å². The summed E-state index contributed by atoms with van der Waals surface area (Å²) in [6, 6.07) is 0.375. The highest BCUT2D eigenvalue weighted by Crippen LogP contribution is 2.00. The van der Waals surface area contributed by atoms with Gasteiger partial charge in [0.1, 0.15) is 0 Å². The molecule has 1 atom stereocenters. The fourth-order valence-electron chi connectivity index (χ4n) is 0.744. The molecule has 0 aliphatic heterocycles. The van der Waals surface area contributed by atoms with E-state index in [0.717, 1.165) is 12.3 Å². The largest absolute Gasteiger partial charge is 0.328 e. The van der Waals surface area contributed by atoms with Gasteiger partial charge in [-0.25, -0.2) is 0 Å². The maximum absolute atomic E-state index is 5.49. The van der Waals surface area contributed by atoms with Crippen LogP contribution in [0.1, 0.15) is 27.2 Å². The van der Waals surface area contributed by atoms with Gasteiger partial charge in [0.2, 0.25) is 0 Å². The van der Waals surface area contributed by atoms with Crippen LogP contribution >= 0.6 is 12.4 Å². The number of rotatable bonds is 2. The normalized spacial score (nSPS) is 13.1. The highest BCUT2D eigenvalue weighted by Gasteiger charge is 1.95. The summed E-state index contributed by atoms with van der Waals surface area (Å²) < 4.78 is 0. The van der Waals surface area contributed by atoms with Gasteiger partial charge in [-0.3, -0.25) is 0 Å². The third-order valence-corrected chi connectivity index (χ3v) is 0.843. The van der Waals surface area contributed by atoms with Crippen molar-refractivity contribution in [2.75, 3.05) is 0 Å². The predicted octanol–water partition coefficient (Wildman–Crippen LogP) is 1.80. The van der Waals surface area contributed by atoms with Crippen molar-refractivity contribution in [3.05, 3.63) is 0 Å². The predicted molar refractivity (Wildman–Crippen MR) is 40.4 cm³/mol. The van der Waals surface area contributed by atoms with E-state index in [2.05, 4.69) is 13.8 Å². The van der Waals surface area contributed by atoms with Gasteiger partial charge < -0.3 is 5.73 Å². The minimum absolute atomic E-state index is 0. The summed E-state index contributed by atoms with van der Waals surface area (Å²) >= 11 is 0. The van der Waals surface area contributed by atoms with Gasteiger partial charge >= 0.3 is 0 Å². The Morgan fingerprint density at radius 3 is 1.62 bits per heavy atom. The van der Waals surface area contributed by atoms with Crippen LogP contribution in [-0.4, -0.2) is 6.04 Å². The average molecular weight is 138 g/mol. The molecule has 0 aromatic rings. The van der Waals surface area contributed by atoms with Crippen LogP contribution in [-0.2, 0) is 0 Å². The summed E-state index contributed by atoms with van der Waals surface area (Å²) in [6.07, 6.45) is 1.14. The van der Waals surface area contributed by atoms with Crippen molar-refractivity contribution in [3.8, 4) is 0 Å². The summed E-state index contributed by atoms with van der Waals surface area (Å²) in [5.41, 5.74) is 5.49. The summed E-state index contributed by atoms with van der Waals surface area (Å²) in [6.45, 7) is 6.41. The lowest BCUT2D eigenvalue weighted by atomic mass is 10.1. The van der Waals surface area contributed by atoms with E-state index in [4.69, 9.17) is 5.73 Å². The van der Waals surface area contributed by atoms with Crippen LogP contribution in [0.4, 0.5) is 0 Å². The maximum Gasteiger partial charge on any atom is 0.00129 e. The Balaban J connectivity index is 0. The lowest BCUT2D eigenvalue weighted by Gasteiger charge is -2.05. The van der Waals surface area contributed by atoms with E-state index in [1.165, 1.54) is 0 Å². The quantitative estimate of drug-likeness (QED) is 0.617. The van der Waals surface area contributed by atoms with Gasteiger partial charge in [-0.2, -0.15) is 0 Å². The fraction of sp³-hybridized carbons (Fsp3) is 1.00. The molecule has 0 saturated carbocycles. The van der Waals surface area contributed by atoms with E-state index < -0.39 is 0 Å². The van der Waals surface area contributed by atoms with E-state index >= 15 is 0 Å². The minimum atomic E-state index is 0. The van der Waals surface area contributed by atoms with Crippen LogP contribution in [0.3, 0.4) is 0 Å². The van der Waals surface area contributed by atoms with Gasteiger partial charge in [-0.05, 0) is 19.3 Å². The number of hydrogen-bond acceptors (Lipinski definition) is 1. The van der Waals surface area contributed by atoms with Crippen LogP contribution < -0.4 is 5.73 Å². The Morgan fingerprint density at radius 1 is 1.25 bits per heavy atom. The van der Waals surface area contributed by atoms with Crippen molar-refractivity contribution in [1.29, 1.82) is 0 Å². The maximum atomic E-state index is 5.49. The SMILES string of the molecule is CC(C)CC(C)N.Cl. The van der Waals surface area contributed by atoms with E-state index in [-0.39, 0.29) is 12.4 Å². The highest BCUT2D eigenvalue weighted by atomic mass is 35.5. The van der Waals surface area contributed by atoms with Crippen LogP contribution in [0.25, 0.3) is 0 Å². The molecule has 1 unspecified atom stereocenters. The smallest absolute Gasteiger partial charge is 0.00129 e. The zero-order valence-electron chi connectivity index (χ0n) is 5.85. The van der Waals surface area contributed by atoms with E-state index in [9.17, 15) is 0 Å². The molecule has 0 amide bonds. The Hall–Kier alpha value is 0.250. The van der Waals surface area contributed by atoms with Gasteiger partial charge in [0.25, 0.3) is 0 Å². The van der Waals surface area contributed by atoms with Crippen molar-refractivity contribution in [1.82, 2.24) is 0 Å². The first kappa shape index (κ1) is 11.1. The average Bonchev–Trinajstić information content (AvgIpc) is 1.27. The molecule has 0 bridgehead atoms. The third-order valence-electron chi connectivity index (χ3n) is 0.843. The van der Waals surface area contributed by atoms with E-state index in [1.54, 1.807) is 0 Å². The molecule has 0 radical (unpaired) electrons. The number of halogens is 1. The van der Waals surface area contributed by atoms with Crippen molar-refractivity contribution in [2.45, 2.75) is 33.2 Å². The molecular formula is C6H16ClN. The molecule has 0 aliphatic rings. The highest BCUT2D eigenvalue weighted by molar-refractivity contribution is 5.85. The Bertz CT molecular complexity index is 37.8. The molecule has 0 heterocycles. The number of nitrogens with two attached hydrogens (primary N) is 1. The summed E-state index contributed by atoms with van der Waals surface area (Å²) in [5, 5.41) is 0. The van der Waals surface area contributed by atoms with Crippen LogP contribution in [0.5, 0.6) is 0 Å². The first-order chi connectivity index (χ1) is 3.13. The van der Waals surface area contributed by atoms with Crippen LogP contribution in [0.15, 0.2) is 0 Å². The van der Waals surface area contributed by atoms with Crippen molar-refractivity contribution >= 4 is 12.4 Å². The summed E-state index contributed by atoms with van der Waals surface area (Å²) in [7, 11) is 0. The molecule has 0 aromatic carbocycles. The fourth-order valence-corrected chi connectivity index (χ4v) is 0.744. The zero-order chi connectivity index (χ0) is 5.86. The second-order valence-corrected chi connectivity index (χ2v) is 2.61. The van der Waals surface area contributed by atoms with Crippen LogP contribution in [0.2, 0.25) is 0 Å². The molecule has 2 N–H and O–H groups in total. The monoisotopic (exact) mass is 137 g/mol. The molecule has 0 rings (SSSR count). The van der Waals surface area contributed by atoms with Gasteiger partial charge in [-0.1, -0.05) is 13.8 Å². The lowest BCUT2D eigenvalue weighted by Crippen LogP contribution is -2.16. The van der Waals surface area contributed by atoms with E-state index in [1.807, 2.05) is 6.92 Å². The molecule has 2 heteroatoms. The molecule has 0 aromatic heterocycles. The minimum Gasteiger partial charge on any atom is -0.328 e. The van der Waals surface area contributed by atoms with Gasteiger partial charge in [0, 0.05) is 6.04 Å². The van der Waals surface area contributed by atoms with Crippen molar-refractivity contribution in [2.24, 2.45) is 11.7 Å². The third kappa shape index (κ3) is 9.54. The molecule has 1 nitrogen and oxygen atoms in total. The topological polar surface area (TPSA) is 26.0 Å². The lowest BCUT2D eigenvalue weighted by molar-refractivity contribution is 0.520. The first-order valence-electron chi connectivity index (χ1n) is 2.88. The van der Waals surface area contributed by atoms with Gasteiger partial charge in [-0.15, -0.1) is 12.4 Å². The molecule has 0 spiro atoms. The number of hydrogen-bond donors (Lipinski definition) is 1. The molecule has 52 valence electrons. The summed E-state index contributed by atoms with van der Waals surface area (Å²) in [4.78, 5) is 0. The second kappa shape index (κ2) is 5.39.